The molecule has 1 N–H and O–H groups in total. The number of nitriles is 1. The molecule has 22 heavy (non-hydrogen) atoms. The number of ether oxygens (including phenoxy) is 1. The van der Waals surface area contributed by atoms with Crippen molar-refractivity contribution < 1.29 is 9.53 Å². The van der Waals surface area contributed by atoms with E-state index in [1.807, 2.05) is 30.3 Å². The van der Waals surface area contributed by atoms with E-state index in [-0.39, 0.29) is 12.5 Å². The van der Waals surface area contributed by atoms with E-state index in [1.54, 1.807) is 30.3 Å². The van der Waals surface area contributed by atoms with Crippen molar-refractivity contribution in [2.24, 2.45) is 0 Å². The fourth-order valence-electron chi connectivity index (χ4n) is 1.94. The van der Waals surface area contributed by atoms with Gasteiger partial charge in [-0.15, -0.1) is 6.58 Å². The highest BCUT2D eigenvalue weighted by molar-refractivity contribution is 5.91. The molecule has 2 aromatic rings. The second kappa shape index (κ2) is 7.65. The number of nitrogens with zero attached hydrogens (tertiary/aromatic N) is 1. The molecule has 0 aliphatic rings. The van der Waals surface area contributed by atoms with Crippen LogP contribution in [-0.2, 0) is 11.2 Å². The Hall–Kier alpha value is -3.06. The fourth-order valence-corrected chi connectivity index (χ4v) is 1.94. The van der Waals surface area contributed by atoms with E-state index in [2.05, 4.69) is 11.9 Å². The minimum atomic E-state index is -0.252. The maximum Gasteiger partial charge on any atom is 0.262 e. The van der Waals surface area contributed by atoms with Gasteiger partial charge in [-0.1, -0.05) is 24.3 Å². The lowest BCUT2D eigenvalue weighted by Gasteiger charge is -2.10. The average Bonchev–Trinajstić information content (AvgIpc) is 2.55. The zero-order valence-corrected chi connectivity index (χ0v) is 12.1. The number of anilines is 1. The maximum atomic E-state index is 11.9. The number of amides is 1. The van der Waals surface area contributed by atoms with Crippen LogP contribution in [0.5, 0.6) is 5.75 Å². The van der Waals surface area contributed by atoms with E-state index in [0.717, 1.165) is 5.56 Å². The number of rotatable bonds is 6. The molecule has 1 amide bonds. The molecule has 0 aliphatic heterocycles. The predicted octanol–water partition coefficient (Wildman–Crippen LogP) is 3.30. The SMILES string of the molecule is C=CCc1ccccc1OCC(=O)Nc1ccc(C#N)cc1. The van der Waals surface area contributed by atoms with Gasteiger partial charge in [0.25, 0.3) is 5.91 Å². The zero-order valence-electron chi connectivity index (χ0n) is 12.1. The summed E-state index contributed by atoms with van der Waals surface area (Å²) in [5, 5.41) is 11.4. The summed E-state index contributed by atoms with van der Waals surface area (Å²) in [5.41, 5.74) is 2.17. The summed E-state index contributed by atoms with van der Waals surface area (Å²) in [6, 6.07) is 16.2. The van der Waals surface area contributed by atoms with Gasteiger partial charge >= 0.3 is 0 Å². The van der Waals surface area contributed by atoms with E-state index >= 15 is 0 Å². The number of carbonyl (C=O) groups excluding carboxylic acids is 1. The Kier molecular flexibility index (Phi) is 5.33. The Morgan fingerprint density at radius 1 is 1.23 bits per heavy atom. The number of hydrogen-bond donors (Lipinski definition) is 1. The second-order valence-corrected chi connectivity index (χ2v) is 4.63. The number of para-hydroxylation sites is 1. The summed E-state index contributed by atoms with van der Waals surface area (Å²) in [6.07, 6.45) is 2.48. The molecule has 0 bridgehead atoms. The Labute approximate surface area is 129 Å². The lowest BCUT2D eigenvalue weighted by atomic mass is 10.1. The first-order chi connectivity index (χ1) is 10.7. The highest BCUT2D eigenvalue weighted by atomic mass is 16.5. The fraction of sp³-hybridized carbons (Fsp3) is 0.111. The molecule has 110 valence electrons. The lowest BCUT2D eigenvalue weighted by Crippen LogP contribution is -2.20. The Morgan fingerprint density at radius 3 is 2.64 bits per heavy atom. The van der Waals surface area contributed by atoms with Gasteiger partial charge in [0.2, 0.25) is 0 Å². The average molecular weight is 292 g/mol. The number of hydrogen-bond acceptors (Lipinski definition) is 3. The van der Waals surface area contributed by atoms with Gasteiger partial charge in [-0.3, -0.25) is 4.79 Å². The normalized spacial score (nSPS) is 9.59. The van der Waals surface area contributed by atoms with Gasteiger partial charge in [-0.25, -0.2) is 0 Å². The van der Waals surface area contributed by atoms with Crippen molar-refractivity contribution in [3.63, 3.8) is 0 Å². The Balaban J connectivity index is 1.92. The van der Waals surface area contributed by atoms with Gasteiger partial charge in [0.1, 0.15) is 5.75 Å². The molecule has 0 atom stereocenters. The van der Waals surface area contributed by atoms with Gasteiger partial charge in [-0.2, -0.15) is 5.26 Å². The molecule has 0 saturated heterocycles. The summed E-state index contributed by atoms with van der Waals surface area (Å²) < 4.78 is 5.56. The molecule has 0 spiro atoms. The summed E-state index contributed by atoms with van der Waals surface area (Å²) in [4.78, 5) is 11.9. The van der Waals surface area contributed by atoms with Crippen molar-refractivity contribution in [1.29, 1.82) is 5.26 Å². The van der Waals surface area contributed by atoms with Gasteiger partial charge in [0.05, 0.1) is 11.6 Å². The van der Waals surface area contributed by atoms with Crippen LogP contribution < -0.4 is 10.1 Å². The van der Waals surface area contributed by atoms with Crippen molar-refractivity contribution in [2.45, 2.75) is 6.42 Å². The summed E-state index contributed by atoms with van der Waals surface area (Å²) in [6.45, 7) is 3.63. The number of allylic oxidation sites excluding steroid dienone is 1. The molecule has 0 aliphatic carbocycles. The standard InChI is InChI=1S/C18H16N2O2/c1-2-5-15-6-3-4-7-17(15)22-13-18(21)20-16-10-8-14(12-19)9-11-16/h2-4,6-11H,1,5,13H2,(H,20,21). The van der Waals surface area contributed by atoms with Gasteiger partial charge in [0, 0.05) is 5.69 Å². The Morgan fingerprint density at radius 2 is 1.95 bits per heavy atom. The van der Waals surface area contributed by atoms with Crippen molar-refractivity contribution in [3.8, 4) is 11.8 Å². The molecule has 0 unspecified atom stereocenters. The second-order valence-electron chi connectivity index (χ2n) is 4.63. The van der Waals surface area contributed by atoms with Crippen LogP contribution >= 0.6 is 0 Å². The van der Waals surface area contributed by atoms with E-state index < -0.39 is 0 Å². The lowest BCUT2D eigenvalue weighted by molar-refractivity contribution is -0.118. The first kappa shape index (κ1) is 15.3. The van der Waals surface area contributed by atoms with E-state index in [1.165, 1.54) is 0 Å². The molecular weight excluding hydrogens is 276 g/mol. The molecule has 0 radical (unpaired) electrons. The van der Waals surface area contributed by atoms with Crippen LogP contribution in [0.25, 0.3) is 0 Å². The van der Waals surface area contributed by atoms with Gasteiger partial charge in [-0.05, 0) is 42.3 Å². The molecule has 0 saturated carbocycles. The van der Waals surface area contributed by atoms with Crippen LogP contribution in [0.3, 0.4) is 0 Å². The van der Waals surface area contributed by atoms with Crippen LogP contribution in [-0.4, -0.2) is 12.5 Å². The van der Waals surface area contributed by atoms with Crippen LogP contribution in [0.15, 0.2) is 61.2 Å². The van der Waals surface area contributed by atoms with E-state index in [4.69, 9.17) is 10.00 Å². The Bertz CT molecular complexity index is 700. The molecule has 2 rings (SSSR count). The zero-order chi connectivity index (χ0) is 15.8. The van der Waals surface area contributed by atoms with Crippen molar-refractivity contribution >= 4 is 11.6 Å². The molecule has 0 aromatic heterocycles. The third-order valence-corrected chi connectivity index (χ3v) is 2.99. The largest absolute Gasteiger partial charge is 0.483 e. The third kappa shape index (κ3) is 4.22. The highest BCUT2D eigenvalue weighted by Gasteiger charge is 2.06. The van der Waals surface area contributed by atoms with Gasteiger partial charge in [0.15, 0.2) is 6.61 Å². The minimum absolute atomic E-state index is 0.0752. The quantitative estimate of drug-likeness (QED) is 0.831. The summed E-state index contributed by atoms with van der Waals surface area (Å²) in [7, 11) is 0. The minimum Gasteiger partial charge on any atom is -0.483 e. The van der Waals surface area contributed by atoms with Crippen LogP contribution in [0.1, 0.15) is 11.1 Å². The maximum absolute atomic E-state index is 11.9. The molecular formula is C18H16N2O2. The summed E-state index contributed by atoms with van der Waals surface area (Å²) in [5.74, 6) is 0.426. The number of carbonyl (C=O) groups is 1. The molecule has 4 heteroatoms. The highest BCUT2D eigenvalue weighted by Crippen LogP contribution is 2.18. The molecule has 0 heterocycles. The van der Waals surface area contributed by atoms with Gasteiger partial charge < -0.3 is 10.1 Å². The first-order valence-corrected chi connectivity index (χ1v) is 6.84. The van der Waals surface area contributed by atoms with Crippen LogP contribution in [0, 0.1) is 11.3 Å². The predicted molar refractivity (Wildman–Crippen MR) is 85.6 cm³/mol. The molecule has 4 nitrogen and oxygen atoms in total. The monoisotopic (exact) mass is 292 g/mol. The first-order valence-electron chi connectivity index (χ1n) is 6.84. The summed E-state index contributed by atoms with van der Waals surface area (Å²) >= 11 is 0. The van der Waals surface area contributed by atoms with Crippen molar-refractivity contribution in [1.82, 2.24) is 0 Å². The van der Waals surface area contributed by atoms with Crippen LogP contribution in [0.2, 0.25) is 0 Å². The molecule has 2 aromatic carbocycles. The van der Waals surface area contributed by atoms with E-state index in [0.29, 0.717) is 23.4 Å². The van der Waals surface area contributed by atoms with Crippen molar-refractivity contribution in [3.05, 3.63) is 72.3 Å². The third-order valence-electron chi connectivity index (χ3n) is 2.99. The number of nitrogens with one attached hydrogen (secondary N) is 1. The van der Waals surface area contributed by atoms with E-state index in [9.17, 15) is 4.79 Å². The number of benzene rings is 2. The van der Waals surface area contributed by atoms with Crippen LogP contribution in [0.4, 0.5) is 5.69 Å². The van der Waals surface area contributed by atoms with Crippen molar-refractivity contribution in [2.75, 3.05) is 11.9 Å². The molecule has 0 fully saturated rings. The smallest absolute Gasteiger partial charge is 0.262 e. The topological polar surface area (TPSA) is 62.1 Å².